The number of benzene rings is 1. The van der Waals surface area contributed by atoms with Crippen LogP contribution in [0.4, 0.5) is 14.5 Å². The Morgan fingerprint density at radius 3 is 2.33 bits per heavy atom. The van der Waals surface area contributed by atoms with Gasteiger partial charge in [0.25, 0.3) is 17.6 Å². The number of hydrogen-bond donors (Lipinski definition) is 3. The van der Waals surface area contributed by atoms with Crippen molar-refractivity contribution in [1.29, 1.82) is 0 Å². The first-order chi connectivity index (χ1) is 18.4. The number of ketones is 1. The molecule has 0 aliphatic rings. The molecule has 0 unspecified atom stereocenters. The maximum absolute atomic E-state index is 13.5. The van der Waals surface area contributed by atoms with Crippen LogP contribution in [0.2, 0.25) is 0 Å². The summed E-state index contributed by atoms with van der Waals surface area (Å²) in [6.45, 7) is 6.41. The van der Waals surface area contributed by atoms with Gasteiger partial charge in [0.2, 0.25) is 0 Å². The van der Waals surface area contributed by atoms with E-state index in [4.69, 9.17) is 14.9 Å². The van der Waals surface area contributed by atoms with Gasteiger partial charge in [-0.2, -0.15) is 5.10 Å². The number of hydrazone groups is 1. The van der Waals surface area contributed by atoms with Gasteiger partial charge >= 0.3 is 7.60 Å². The van der Waals surface area contributed by atoms with E-state index >= 15 is 0 Å². The summed E-state index contributed by atoms with van der Waals surface area (Å²) in [5.41, 5.74) is 0.685. The third-order valence-electron chi connectivity index (χ3n) is 5.50. The summed E-state index contributed by atoms with van der Waals surface area (Å²) in [5, 5.41) is 8.33. The molecule has 0 spiro atoms. The summed E-state index contributed by atoms with van der Waals surface area (Å²) >= 11 is 0. The minimum absolute atomic E-state index is 0.000270. The number of amides is 2. The van der Waals surface area contributed by atoms with Crippen molar-refractivity contribution >= 4 is 42.8 Å². The molecule has 1 aromatic heterocycles. The standard InChI is InChI=1S/C24H31F2N6O6P/c1-6-37-39(36,38-7-2)13-28-11-17(31-27)12-29-24(35)22(33)20-14(3)21(32(5)15(20)4)23(34)30-16-8-9-18(25)19(26)10-16/h8-11H,6-7,12-13,27H2,1-5H3,(H,29,35)(H,30,34). The molecule has 39 heavy (non-hydrogen) atoms. The van der Waals surface area contributed by atoms with Crippen LogP contribution < -0.4 is 16.5 Å². The van der Waals surface area contributed by atoms with E-state index in [0.717, 1.165) is 12.1 Å². The van der Waals surface area contributed by atoms with Gasteiger partial charge in [-0.25, -0.2) is 8.78 Å². The van der Waals surface area contributed by atoms with Gasteiger partial charge in [0.1, 0.15) is 12.0 Å². The van der Waals surface area contributed by atoms with E-state index in [-0.39, 0.29) is 54.3 Å². The van der Waals surface area contributed by atoms with E-state index in [1.807, 2.05) is 0 Å². The van der Waals surface area contributed by atoms with Crippen molar-refractivity contribution in [2.45, 2.75) is 27.7 Å². The van der Waals surface area contributed by atoms with Gasteiger partial charge in [-0.3, -0.25) is 23.9 Å². The predicted molar refractivity (Wildman–Crippen MR) is 142 cm³/mol. The van der Waals surface area contributed by atoms with Crippen LogP contribution in [0.3, 0.4) is 0 Å². The molecule has 0 saturated heterocycles. The molecular weight excluding hydrogens is 537 g/mol. The maximum atomic E-state index is 13.5. The van der Waals surface area contributed by atoms with E-state index in [9.17, 15) is 27.7 Å². The molecule has 0 atom stereocenters. The Bertz CT molecular complexity index is 1350. The Kier molecular flexibility index (Phi) is 11.2. The predicted octanol–water partition coefficient (Wildman–Crippen LogP) is 3.08. The number of nitrogens with one attached hydrogen (secondary N) is 2. The van der Waals surface area contributed by atoms with Crippen molar-refractivity contribution in [3.05, 3.63) is 52.3 Å². The summed E-state index contributed by atoms with van der Waals surface area (Å²) in [5.74, 6) is 0.531. The van der Waals surface area contributed by atoms with Crippen molar-refractivity contribution in [1.82, 2.24) is 9.88 Å². The van der Waals surface area contributed by atoms with Crippen LogP contribution in [0, 0.1) is 25.5 Å². The summed E-state index contributed by atoms with van der Waals surface area (Å²) in [6.07, 6.45) is 0.883. The molecule has 12 nitrogen and oxygen atoms in total. The van der Waals surface area contributed by atoms with Gasteiger partial charge in [-0.1, -0.05) is 0 Å². The van der Waals surface area contributed by atoms with Crippen molar-refractivity contribution in [2.24, 2.45) is 23.0 Å². The lowest BCUT2D eigenvalue weighted by atomic mass is 10.0. The third-order valence-corrected chi connectivity index (χ3v) is 7.31. The fraction of sp³-hybridized carbons (Fsp3) is 0.375. The minimum Gasteiger partial charge on any atom is -0.343 e. The van der Waals surface area contributed by atoms with E-state index in [2.05, 4.69) is 20.7 Å². The average molecular weight is 569 g/mol. The van der Waals surface area contributed by atoms with E-state index < -0.39 is 36.8 Å². The molecule has 0 radical (unpaired) electrons. The Hall–Kier alpha value is -3.74. The summed E-state index contributed by atoms with van der Waals surface area (Å²) in [4.78, 5) is 42.5. The van der Waals surface area contributed by atoms with Crippen LogP contribution in [0.5, 0.6) is 0 Å². The number of nitrogens with two attached hydrogens (primary N) is 1. The largest absolute Gasteiger partial charge is 0.351 e. The second kappa shape index (κ2) is 13.9. The summed E-state index contributed by atoms with van der Waals surface area (Å²) in [7, 11) is -1.91. The number of aliphatic imine (C=N–C) groups is 1. The van der Waals surface area contributed by atoms with Crippen LogP contribution >= 0.6 is 7.60 Å². The van der Waals surface area contributed by atoms with E-state index in [1.54, 1.807) is 20.8 Å². The normalized spacial score (nSPS) is 12.1. The average Bonchev–Trinajstić information content (AvgIpc) is 3.10. The lowest BCUT2D eigenvalue weighted by Gasteiger charge is -2.14. The minimum atomic E-state index is -3.43. The SMILES string of the molecule is CCOP(=O)(CN=CC(CNC(=O)C(=O)c1c(C)c(C(=O)Nc2ccc(F)c(F)c2)n(C)c1C)=NN)OCC. The number of carbonyl (C=O) groups excluding carboxylic acids is 3. The fourth-order valence-electron chi connectivity index (χ4n) is 3.65. The molecule has 1 heterocycles. The molecule has 2 amide bonds. The quantitative estimate of drug-likeness (QED) is 0.0834. The van der Waals surface area contributed by atoms with Gasteiger partial charge in [-0.05, 0) is 45.4 Å². The van der Waals surface area contributed by atoms with Crippen molar-refractivity contribution < 1.29 is 36.8 Å². The first-order valence-corrected chi connectivity index (χ1v) is 13.5. The topological polar surface area (TPSA) is 166 Å². The molecule has 0 bridgehead atoms. The highest BCUT2D eigenvalue weighted by Gasteiger charge is 2.29. The van der Waals surface area contributed by atoms with Crippen LogP contribution in [0.25, 0.3) is 0 Å². The Labute approximate surface area is 224 Å². The molecule has 0 aliphatic heterocycles. The van der Waals surface area contributed by atoms with Crippen LogP contribution in [-0.2, 0) is 25.5 Å². The number of aromatic nitrogens is 1. The Balaban J connectivity index is 2.13. The number of anilines is 1. The Morgan fingerprint density at radius 2 is 1.77 bits per heavy atom. The van der Waals surface area contributed by atoms with Gasteiger partial charge < -0.3 is 30.1 Å². The lowest BCUT2D eigenvalue weighted by molar-refractivity contribution is -0.116. The molecule has 0 saturated carbocycles. The highest BCUT2D eigenvalue weighted by molar-refractivity contribution is 7.53. The van der Waals surface area contributed by atoms with Crippen LogP contribution in [-0.4, -0.2) is 60.1 Å². The number of carbonyl (C=O) groups is 3. The van der Waals surface area contributed by atoms with Gasteiger partial charge in [0.15, 0.2) is 11.6 Å². The zero-order valence-electron chi connectivity index (χ0n) is 22.2. The zero-order chi connectivity index (χ0) is 29.3. The highest BCUT2D eigenvalue weighted by Crippen LogP contribution is 2.47. The molecule has 0 aliphatic carbocycles. The molecule has 2 aromatic rings. The number of Topliss-reactive ketones (excluding diaryl/α,β-unsaturated/α-hetero) is 1. The molecule has 2 rings (SSSR count). The van der Waals surface area contributed by atoms with E-state index in [0.29, 0.717) is 5.69 Å². The van der Waals surface area contributed by atoms with Gasteiger partial charge in [-0.15, -0.1) is 0 Å². The molecule has 0 fully saturated rings. The number of nitrogens with zero attached hydrogens (tertiary/aromatic N) is 3. The first-order valence-electron chi connectivity index (χ1n) is 11.8. The van der Waals surface area contributed by atoms with Crippen LogP contribution in [0.15, 0.2) is 28.3 Å². The van der Waals surface area contributed by atoms with Crippen molar-refractivity contribution in [2.75, 3.05) is 31.4 Å². The lowest BCUT2D eigenvalue weighted by Crippen LogP contribution is -2.36. The number of halogens is 2. The molecule has 4 N–H and O–H groups in total. The molecule has 1 aromatic carbocycles. The highest BCUT2D eigenvalue weighted by atomic mass is 31.2. The summed E-state index contributed by atoms with van der Waals surface area (Å²) < 4.78 is 50.9. The molecule has 15 heteroatoms. The number of hydrogen-bond acceptors (Lipinski definition) is 9. The van der Waals surface area contributed by atoms with Crippen molar-refractivity contribution in [3.63, 3.8) is 0 Å². The second-order valence-corrected chi connectivity index (χ2v) is 10.1. The Morgan fingerprint density at radius 1 is 1.13 bits per heavy atom. The smallest absolute Gasteiger partial charge is 0.343 e. The summed E-state index contributed by atoms with van der Waals surface area (Å²) in [6, 6.07) is 2.88. The van der Waals surface area contributed by atoms with Crippen molar-refractivity contribution in [3.8, 4) is 0 Å². The monoisotopic (exact) mass is 568 g/mol. The maximum Gasteiger partial charge on any atom is 0.351 e. The molecule has 212 valence electrons. The first kappa shape index (κ1) is 31.5. The molecular formula is C24H31F2N6O6P. The van der Waals surface area contributed by atoms with Gasteiger partial charge in [0.05, 0.1) is 31.0 Å². The second-order valence-electron chi connectivity index (χ2n) is 8.11. The fourth-order valence-corrected chi connectivity index (χ4v) is 4.95. The van der Waals surface area contributed by atoms with E-state index in [1.165, 1.54) is 30.8 Å². The zero-order valence-corrected chi connectivity index (χ0v) is 23.1. The van der Waals surface area contributed by atoms with Gasteiger partial charge in [0, 0.05) is 30.7 Å². The van der Waals surface area contributed by atoms with Crippen LogP contribution in [0.1, 0.15) is 46.0 Å². The third kappa shape index (κ3) is 7.88. The number of rotatable bonds is 13.